The van der Waals surface area contributed by atoms with E-state index in [1.807, 2.05) is 0 Å². The van der Waals surface area contributed by atoms with E-state index < -0.39 is 26.5 Å². The van der Waals surface area contributed by atoms with Crippen LogP contribution in [0.5, 0.6) is 0 Å². The highest BCUT2D eigenvalue weighted by Crippen LogP contribution is 2.02. The van der Waals surface area contributed by atoms with E-state index in [1.165, 1.54) is 0 Å². The van der Waals surface area contributed by atoms with Crippen LogP contribution in [0, 0.1) is 0 Å². The van der Waals surface area contributed by atoms with Gasteiger partial charge in [-0.25, -0.2) is 0 Å². The minimum atomic E-state index is -0.954. The number of rotatable bonds is 12. The number of ether oxygens (including phenoxy) is 3. The van der Waals surface area contributed by atoms with Crippen LogP contribution in [0.3, 0.4) is 0 Å². The molecule has 6 heteroatoms. The third-order valence-electron chi connectivity index (χ3n) is 1.60. The molecule has 3 nitrogen and oxygen atoms in total. The molecule has 0 saturated heterocycles. The van der Waals surface area contributed by atoms with Crippen LogP contribution in [0.2, 0.25) is 0 Å². The fourth-order valence-corrected chi connectivity index (χ4v) is 0.847. The number of alkyl halides is 3. The van der Waals surface area contributed by atoms with Crippen molar-refractivity contribution in [3.63, 3.8) is 0 Å². The molecule has 0 saturated carbocycles. The van der Waals surface area contributed by atoms with Crippen molar-refractivity contribution in [1.82, 2.24) is 0 Å². The van der Waals surface area contributed by atoms with Gasteiger partial charge in [-0.2, -0.15) is 0 Å². The van der Waals surface area contributed by atoms with Crippen LogP contribution in [-0.4, -0.2) is 46.3 Å². The van der Waals surface area contributed by atoms with Crippen LogP contribution in [0.4, 0.5) is 13.2 Å². The predicted octanol–water partition coefficient (Wildman–Crippen LogP) is 2.40. The number of hydrogen-bond donors (Lipinski definition) is 0. The first-order chi connectivity index (χ1) is 7.85. The van der Waals surface area contributed by atoms with Gasteiger partial charge in [0, 0.05) is 0 Å². The second kappa shape index (κ2) is 12.7. The molecule has 0 spiro atoms. The average Bonchev–Trinajstić information content (AvgIpc) is 2.29. The summed E-state index contributed by atoms with van der Waals surface area (Å²) in [6.07, 6.45) is 0.736. The molecule has 0 unspecified atom stereocenters. The lowest BCUT2D eigenvalue weighted by Crippen LogP contribution is -2.23. The van der Waals surface area contributed by atoms with E-state index in [1.54, 1.807) is 0 Å². The minimum Gasteiger partial charge on any atom is -0.330 e. The third kappa shape index (κ3) is 10.2. The Bertz CT molecular complexity index is 115. The molecule has 0 aromatic rings. The molecule has 98 valence electrons. The van der Waals surface area contributed by atoms with Crippen molar-refractivity contribution in [3.05, 3.63) is 0 Å². The molecule has 0 aliphatic rings. The van der Waals surface area contributed by atoms with E-state index in [9.17, 15) is 13.2 Å². The Labute approximate surface area is 93.9 Å². The predicted molar refractivity (Wildman–Crippen MR) is 53.4 cm³/mol. The third-order valence-corrected chi connectivity index (χ3v) is 1.60. The summed E-state index contributed by atoms with van der Waals surface area (Å²) < 4.78 is 50.5. The lowest BCUT2D eigenvalue weighted by Gasteiger charge is -2.18. The van der Waals surface area contributed by atoms with Crippen LogP contribution in [0.1, 0.15) is 19.3 Å². The van der Waals surface area contributed by atoms with E-state index in [0.717, 1.165) is 0 Å². The Balaban J connectivity index is 3.58. The zero-order valence-electron chi connectivity index (χ0n) is 9.30. The first-order valence-electron chi connectivity index (χ1n) is 5.37. The Morgan fingerprint density at radius 3 is 1.19 bits per heavy atom. The van der Waals surface area contributed by atoms with Crippen molar-refractivity contribution in [1.29, 1.82) is 0 Å². The maximum absolute atomic E-state index is 11.8. The van der Waals surface area contributed by atoms with Crippen LogP contribution >= 0.6 is 0 Å². The molecule has 0 aliphatic carbocycles. The van der Waals surface area contributed by atoms with Crippen molar-refractivity contribution < 1.29 is 27.4 Å². The second-order valence-electron chi connectivity index (χ2n) is 3.03. The van der Waals surface area contributed by atoms with Crippen LogP contribution < -0.4 is 0 Å². The summed E-state index contributed by atoms with van der Waals surface area (Å²) in [5.74, 6) is 0. The van der Waals surface area contributed by atoms with Crippen LogP contribution in [0.15, 0.2) is 0 Å². The van der Waals surface area contributed by atoms with Gasteiger partial charge >= 0.3 is 0 Å². The molecule has 0 radical (unpaired) electrons. The largest absolute Gasteiger partial charge is 0.330 e. The first-order valence-corrected chi connectivity index (χ1v) is 5.37. The maximum Gasteiger partial charge on any atom is 0.271 e. The Morgan fingerprint density at radius 2 is 0.938 bits per heavy atom. The first kappa shape index (κ1) is 15.7. The maximum atomic E-state index is 11.8. The average molecular weight is 244 g/mol. The standard InChI is InChI=1S/C10H19F3O3/c11-4-1-7-14-10(15-8-2-5-12)16-9-3-6-13/h10H,1-9H2. The summed E-state index contributed by atoms with van der Waals surface area (Å²) in [5.41, 5.74) is 0. The second-order valence-corrected chi connectivity index (χ2v) is 3.03. The summed E-state index contributed by atoms with van der Waals surface area (Å²) in [7, 11) is 0. The van der Waals surface area contributed by atoms with Gasteiger partial charge in [0.05, 0.1) is 39.8 Å². The van der Waals surface area contributed by atoms with Gasteiger partial charge in [0.2, 0.25) is 0 Å². The molecule has 0 rings (SSSR count). The van der Waals surface area contributed by atoms with Gasteiger partial charge in [0.25, 0.3) is 6.48 Å². The van der Waals surface area contributed by atoms with Gasteiger partial charge in [0.15, 0.2) is 0 Å². The fourth-order valence-electron chi connectivity index (χ4n) is 0.847. The Morgan fingerprint density at radius 1 is 0.625 bits per heavy atom. The molecule has 0 N–H and O–H groups in total. The van der Waals surface area contributed by atoms with Crippen molar-refractivity contribution in [2.75, 3.05) is 39.8 Å². The van der Waals surface area contributed by atoms with Gasteiger partial charge in [-0.15, -0.1) is 0 Å². The molecule has 0 atom stereocenters. The lowest BCUT2D eigenvalue weighted by molar-refractivity contribution is -0.289. The summed E-state index contributed by atoms with van der Waals surface area (Å²) in [4.78, 5) is 0. The van der Waals surface area contributed by atoms with Crippen LogP contribution in [0.25, 0.3) is 0 Å². The molecule has 0 fully saturated rings. The molecule has 0 aliphatic heterocycles. The van der Waals surface area contributed by atoms with Crippen molar-refractivity contribution in [3.8, 4) is 0 Å². The summed E-state index contributed by atoms with van der Waals surface area (Å²) >= 11 is 0. The molecule has 0 aromatic carbocycles. The fraction of sp³-hybridized carbons (Fsp3) is 1.00. The SMILES string of the molecule is FCCCOC(OCCCF)OCCCF. The van der Waals surface area contributed by atoms with Gasteiger partial charge in [0.1, 0.15) is 0 Å². The van der Waals surface area contributed by atoms with Crippen LogP contribution in [-0.2, 0) is 14.2 Å². The molecule has 0 aromatic heterocycles. The van der Waals surface area contributed by atoms with Gasteiger partial charge in [-0.3, -0.25) is 13.2 Å². The summed E-state index contributed by atoms with van der Waals surface area (Å²) in [6.45, 7) is -1.93. The van der Waals surface area contributed by atoms with Gasteiger partial charge < -0.3 is 14.2 Å². The number of hydrogen-bond acceptors (Lipinski definition) is 3. The summed E-state index contributed by atoms with van der Waals surface area (Å²) in [5, 5.41) is 0. The molecule has 0 heterocycles. The molecule has 0 bridgehead atoms. The highest BCUT2D eigenvalue weighted by Gasteiger charge is 2.09. The molecule has 0 amide bonds. The smallest absolute Gasteiger partial charge is 0.271 e. The van der Waals surface area contributed by atoms with E-state index in [4.69, 9.17) is 14.2 Å². The van der Waals surface area contributed by atoms with Gasteiger partial charge in [-0.05, 0) is 19.3 Å². The molecular weight excluding hydrogens is 225 g/mol. The highest BCUT2D eigenvalue weighted by molar-refractivity contribution is 4.37. The monoisotopic (exact) mass is 244 g/mol. The van der Waals surface area contributed by atoms with E-state index >= 15 is 0 Å². The zero-order chi connectivity index (χ0) is 12.1. The van der Waals surface area contributed by atoms with E-state index in [-0.39, 0.29) is 39.1 Å². The Hall–Kier alpha value is -0.330. The minimum absolute atomic E-state index is 0.159. The highest BCUT2D eigenvalue weighted by atomic mass is 19.1. The van der Waals surface area contributed by atoms with E-state index in [2.05, 4.69) is 0 Å². The molecular formula is C10H19F3O3. The lowest BCUT2D eigenvalue weighted by atomic mass is 10.5. The zero-order valence-corrected chi connectivity index (χ0v) is 9.30. The van der Waals surface area contributed by atoms with E-state index in [0.29, 0.717) is 0 Å². The van der Waals surface area contributed by atoms with Crippen molar-refractivity contribution >= 4 is 0 Å². The topological polar surface area (TPSA) is 27.7 Å². The molecule has 16 heavy (non-hydrogen) atoms. The quantitative estimate of drug-likeness (QED) is 0.390. The number of halogens is 3. The Kier molecular flexibility index (Phi) is 12.5. The van der Waals surface area contributed by atoms with Gasteiger partial charge in [-0.1, -0.05) is 0 Å². The normalized spacial score (nSPS) is 11.2. The summed E-state index contributed by atoms with van der Waals surface area (Å²) in [6, 6.07) is 0. The van der Waals surface area contributed by atoms with Crippen molar-refractivity contribution in [2.24, 2.45) is 0 Å². The van der Waals surface area contributed by atoms with Crippen molar-refractivity contribution in [2.45, 2.75) is 25.7 Å².